The first kappa shape index (κ1) is 10.5. The number of nitrogens with one attached hydrogen (secondary N) is 1. The molecule has 0 unspecified atom stereocenters. The number of anilines is 1. The van der Waals surface area contributed by atoms with Crippen LogP contribution in [0.1, 0.15) is 11.1 Å². The second-order valence-electron chi connectivity index (χ2n) is 4.03. The Hall–Kier alpha value is -1.06. The van der Waals surface area contributed by atoms with Crippen molar-refractivity contribution in [3.05, 3.63) is 29.3 Å². The van der Waals surface area contributed by atoms with Crippen LogP contribution in [0.3, 0.4) is 0 Å². The molecule has 3 heteroatoms. The van der Waals surface area contributed by atoms with Crippen molar-refractivity contribution in [3.63, 3.8) is 0 Å². The van der Waals surface area contributed by atoms with E-state index in [1.807, 2.05) is 6.07 Å². The molecule has 1 fully saturated rings. The Bertz CT molecular complexity index is 332. The number of nitrogens with zero attached hydrogens (tertiary/aromatic N) is 1. The van der Waals surface area contributed by atoms with Crippen molar-refractivity contribution in [2.75, 3.05) is 31.1 Å². The van der Waals surface area contributed by atoms with Gasteiger partial charge < -0.3 is 15.3 Å². The predicted octanol–water partition coefficient (Wildman–Crippen LogP) is 0.897. The summed E-state index contributed by atoms with van der Waals surface area (Å²) in [4.78, 5) is 2.34. The summed E-state index contributed by atoms with van der Waals surface area (Å²) in [6.07, 6.45) is 0. The summed E-state index contributed by atoms with van der Waals surface area (Å²) < 4.78 is 0. The van der Waals surface area contributed by atoms with Gasteiger partial charge >= 0.3 is 0 Å². The Morgan fingerprint density at radius 2 is 2.07 bits per heavy atom. The molecule has 1 saturated heterocycles. The Morgan fingerprint density at radius 1 is 1.33 bits per heavy atom. The Morgan fingerprint density at radius 3 is 2.73 bits per heavy atom. The zero-order valence-electron chi connectivity index (χ0n) is 9.16. The molecule has 0 spiro atoms. The van der Waals surface area contributed by atoms with Crippen LogP contribution in [0.4, 0.5) is 5.69 Å². The van der Waals surface area contributed by atoms with E-state index in [-0.39, 0.29) is 6.61 Å². The molecule has 2 N–H and O–H groups in total. The maximum absolute atomic E-state index is 9.30. The SMILES string of the molecule is Cc1ccc(CO)c(N2CCNCC2)c1. The smallest absolute Gasteiger partial charge is 0.0702 e. The van der Waals surface area contributed by atoms with Crippen molar-refractivity contribution in [1.29, 1.82) is 0 Å². The molecule has 0 amide bonds. The average Bonchev–Trinajstić information content (AvgIpc) is 2.30. The van der Waals surface area contributed by atoms with Crippen molar-refractivity contribution in [2.45, 2.75) is 13.5 Å². The lowest BCUT2D eigenvalue weighted by Gasteiger charge is -2.31. The van der Waals surface area contributed by atoms with Crippen LogP contribution in [0, 0.1) is 6.92 Å². The average molecular weight is 206 g/mol. The highest BCUT2D eigenvalue weighted by molar-refractivity contribution is 5.55. The number of aryl methyl sites for hydroxylation is 1. The van der Waals surface area contributed by atoms with Gasteiger partial charge in [-0.25, -0.2) is 0 Å². The molecule has 0 radical (unpaired) electrons. The van der Waals surface area contributed by atoms with Crippen LogP contribution < -0.4 is 10.2 Å². The summed E-state index contributed by atoms with van der Waals surface area (Å²) in [5, 5.41) is 12.6. The third-order valence-electron chi connectivity index (χ3n) is 2.87. The molecule has 1 aromatic carbocycles. The molecule has 1 aliphatic rings. The minimum Gasteiger partial charge on any atom is -0.392 e. The van der Waals surface area contributed by atoms with E-state index < -0.39 is 0 Å². The lowest BCUT2D eigenvalue weighted by atomic mass is 10.1. The first-order valence-corrected chi connectivity index (χ1v) is 5.47. The van der Waals surface area contributed by atoms with Crippen LogP contribution >= 0.6 is 0 Å². The highest BCUT2D eigenvalue weighted by Crippen LogP contribution is 2.22. The van der Waals surface area contributed by atoms with Crippen molar-refractivity contribution >= 4 is 5.69 Å². The molecule has 0 aliphatic carbocycles. The minimum absolute atomic E-state index is 0.125. The maximum atomic E-state index is 9.30. The fourth-order valence-electron chi connectivity index (χ4n) is 2.01. The molecule has 0 bridgehead atoms. The summed E-state index contributed by atoms with van der Waals surface area (Å²) in [5.74, 6) is 0. The Kier molecular flexibility index (Phi) is 3.23. The molecule has 3 nitrogen and oxygen atoms in total. The third kappa shape index (κ3) is 2.30. The van der Waals surface area contributed by atoms with Gasteiger partial charge in [0.25, 0.3) is 0 Å². The summed E-state index contributed by atoms with van der Waals surface area (Å²) in [6, 6.07) is 6.24. The van der Waals surface area contributed by atoms with Crippen LogP contribution in [0.2, 0.25) is 0 Å². The van der Waals surface area contributed by atoms with Gasteiger partial charge in [0.2, 0.25) is 0 Å². The third-order valence-corrected chi connectivity index (χ3v) is 2.87. The molecule has 82 valence electrons. The van der Waals surface area contributed by atoms with E-state index in [4.69, 9.17) is 0 Å². The zero-order valence-corrected chi connectivity index (χ0v) is 9.16. The van der Waals surface area contributed by atoms with Crippen LogP contribution in [-0.4, -0.2) is 31.3 Å². The van der Waals surface area contributed by atoms with Gasteiger partial charge in [0.1, 0.15) is 0 Å². The monoisotopic (exact) mass is 206 g/mol. The fraction of sp³-hybridized carbons (Fsp3) is 0.500. The molecule has 1 aliphatic heterocycles. The predicted molar refractivity (Wildman–Crippen MR) is 62.2 cm³/mol. The number of hydrogen-bond donors (Lipinski definition) is 2. The topological polar surface area (TPSA) is 35.5 Å². The van der Waals surface area contributed by atoms with Crippen LogP contribution in [0.25, 0.3) is 0 Å². The molecule has 15 heavy (non-hydrogen) atoms. The number of aliphatic hydroxyl groups is 1. The van der Waals surface area contributed by atoms with E-state index in [2.05, 4.69) is 29.3 Å². The van der Waals surface area contributed by atoms with Gasteiger partial charge in [0, 0.05) is 37.4 Å². The normalized spacial score (nSPS) is 16.8. The van der Waals surface area contributed by atoms with Crippen LogP contribution in [0.15, 0.2) is 18.2 Å². The molecule has 1 heterocycles. The number of piperazine rings is 1. The van der Waals surface area contributed by atoms with E-state index in [0.717, 1.165) is 31.7 Å². The molecule has 0 saturated carbocycles. The molecule has 0 atom stereocenters. The summed E-state index contributed by atoms with van der Waals surface area (Å²) in [6.45, 7) is 6.32. The van der Waals surface area contributed by atoms with Crippen molar-refractivity contribution < 1.29 is 5.11 Å². The van der Waals surface area contributed by atoms with Gasteiger partial charge in [-0.15, -0.1) is 0 Å². The fourth-order valence-corrected chi connectivity index (χ4v) is 2.01. The number of aliphatic hydroxyl groups excluding tert-OH is 1. The van der Waals surface area contributed by atoms with E-state index in [1.165, 1.54) is 11.3 Å². The lowest BCUT2D eigenvalue weighted by Crippen LogP contribution is -2.43. The maximum Gasteiger partial charge on any atom is 0.0702 e. The Balaban J connectivity index is 2.27. The highest BCUT2D eigenvalue weighted by atomic mass is 16.3. The number of rotatable bonds is 2. The highest BCUT2D eigenvalue weighted by Gasteiger charge is 2.13. The standard InChI is InChI=1S/C12H18N2O/c1-10-2-3-11(9-15)12(8-10)14-6-4-13-5-7-14/h2-3,8,13,15H,4-7,9H2,1H3. The Labute approximate surface area is 90.7 Å². The van der Waals surface area contributed by atoms with E-state index in [0.29, 0.717) is 0 Å². The zero-order chi connectivity index (χ0) is 10.7. The first-order chi connectivity index (χ1) is 7.31. The van der Waals surface area contributed by atoms with Gasteiger partial charge in [-0.05, 0) is 18.6 Å². The second-order valence-corrected chi connectivity index (χ2v) is 4.03. The first-order valence-electron chi connectivity index (χ1n) is 5.47. The summed E-state index contributed by atoms with van der Waals surface area (Å²) in [5.41, 5.74) is 3.47. The quantitative estimate of drug-likeness (QED) is 0.754. The van der Waals surface area contributed by atoms with Crippen molar-refractivity contribution in [2.24, 2.45) is 0 Å². The van der Waals surface area contributed by atoms with Crippen molar-refractivity contribution in [3.8, 4) is 0 Å². The van der Waals surface area contributed by atoms with E-state index in [9.17, 15) is 5.11 Å². The van der Waals surface area contributed by atoms with Gasteiger partial charge in [0.05, 0.1) is 6.61 Å². The summed E-state index contributed by atoms with van der Waals surface area (Å²) in [7, 11) is 0. The van der Waals surface area contributed by atoms with Crippen LogP contribution in [0.5, 0.6) is 0 Å². The molecule has 0 aromatic heterocycles. The van der Waals surface area contributed by atoms with Crippen molar-refractivity contribution in [1.82, 2.24) is 5.32 Å². The molecular formula is C12H18N2O. The van der Waals surface area contributed by atoms with Gasteiger partial charge in [-0.2, -0.15) is 0 Å². The second kappa shape index (κ2) is 4.64. The van der Waals surface area contributed by atoms with E-state index in [1.54, 1.807) is 0 Å². The minimum atomic E-state index is 0.125. The number of benzene rings is 1. The molecule has 2 rings (SSSR count). The number of hydrogen-bond acceptors (Lipinski definition) is 3. The van der Waals surface area contributed by atoms with Crippen LogP contribution in [-0.2, 0) is 6.61 Å². The van der Waals surface area contributed by atoms with E-state index >= 15 is 0 Å². The lowest BCUT2D eigenvalue weighted by molar-refractivity contribution is 0.282. The summed E-state index contributed by atoms with van der Waals surface area (Å²) >= 11 is 0. The molecular weight excluding hydrogens is 188 g/mol. The molecule has 1 aromatic rings. The van der Waals surface area contributed by atoms with Gasteiger partial charge in [-0.1, -0.05) is 12.1 Å². The van der Waals surface area contributed by atoms with Gasteiger partial charge in [-0.3, -0.25) is 0 Å². The van der Waals surface area contributed by atoms with Gasteiger partial charge in [0.15, 0.2) is 0 Å². The largest absolute Gasteiger partial charge is 0.392 e.